The number of nitrogens with one attached hydrogen (secondary N) is 2. The molecule has 0 atom stereocenters. The first-order chi connectivity index (χ1) is 16.2. The van der Waals surface area contributed by atoms with Gasteiger partial charge in [0.1, 0.15) is 0 Å². The van der Waals surface area contributed by atoms with Gasteiger partial charge in [0.25, 0.3) is 5.97 Å². The van der Waals surface area contributed by atoms with Crippen molar-refractivity contribution < 1.29 is 19.9 Å². The van der Waals surface area contributed by atoms with Crippen LogP contribution in [-0.2, 0) is 11.3 Å². The average Bonchev–Trinajstić information content (AvgIpc) is 2.79. The zero-order chi connectivity index (χ0) is 25.1. The zero-order valence-electron chi connectivity index (χ0n) is 18.7. The number of phenols is 1. The molecule has 178 valence electrons. The lowest BCUT2D eigenvalue weighted by atomic mass is 10.2. The summed E-state index contributed by atoms with van der Waals surface area (Å²) in [6, 6.07) is 14.0. The lowest BCUT2D eigenvalue weighted by molar-refractivity contribution is -0.385. The average molecular weight is 468 g/mol. The van der Waals surface area contributed by atoms with Gasteiger partial charge in [-0.25, -0.2) is 5.43 Å². The van der Waals surface area contributed by atoms with Crippen LogP contribution in [0.5, 0.6) is 5.75 Å². The minimum absolute atomic E-state index is 0.172. The van der Waals surface area contributed by atoms with Crippen LogP contribution >= 0.6 is 0 Å². The lowest BCUT2D eigenvalue weighted by Gasteiger charge is -2.13. The molecule has 0 saturated carbocycles. The maximum absolute atomic E-state index is 10.9. The molecule has 0 spiro atoms. The van der Waals surface area contributed by atoms with Gasteiger partial charge >= 0.3 is 5.69 Å². The van der Waals surface area contributed by atoms with Crippen LogP contribution in [0.15, 0.2) is 53.6 Å². The Morgan fingerprint density at radius 1 is 1.12 bits per heavy atom. The summed E-state index contributed by atoms with van der Waals surface area (Å²) in [4.78, 5) is 33.8. The van der Waals surface area contributed by atoms with Crippen molar-refractivity contribution in [1.29, 1.82) is 0 Å². The van der Waals surface area contributed by atoms with Gasteiger partial charge in [-0.1, -0.05) is 36.4 Å². The molecule has 0 amide bonds. The number of hydrogen-bond acceptors (Lipinski definition) is 11. The molecule has 1 aromatic heterocycles. The number of carbonyl (C=O) groups is 1. The van der Waals surface area contributed by atoms with Gasteiger partial charge in [0.05, 0.1) is 11.1 Å². The van der Waals surface area contributed by atoms with E-state index in [0.717, 1.165) is 12.5 Å². The fourth-order valence-electron chi connectivity index (χ4n) is 2.43. The Morgan fingerprint density at radius 2 is 1.76 bits per heavy atom. The molecule has 0 aliphatic carbocycles. The van der Waals surface area contributed by atoms with Crippen LogP contribution in [0.25, 0.3) is 0 Å². The molecular formula is C21H24N8O5. The van der Waals surface area contributed by atoms with Gasteiger partial charge in [-0.3, -0.25) is 14.9 Å². The molecule has 3 rings (SSSR count). The fourth-order valence-corrected chi connectivity index (χ4v) is 2.43. The van der Waals surface area contributed by atoms with E-state index < -0.39 is 22.3 Å². The van der Waals surface area contributed by atoms with E-state index in [1.165, 1.54) is 24.4 Å². The van der Waals surface area contributed by atoms with E-state index in [-0.39, 0.29) is 11.5 Å². The van der Waals surface area contributed by atoms with E-state index in [2.05, 4.69) is 30.8 Å². The normalized spacial score (nSPS) is 10.2. The standard InChI is InChI=1S/C19H20N8O3.C2H4O2/c1-26(2)19-23-17(20-11-13-7-4-3-5-8-13)22-18(24-19)25-21-12-14-9-6-10-15(16(14)28)27(29)30;1-2(3)4/h3-10,12,28H,11H2,1-2H3,(H2,20,22,23,24,25);1H3,(H,3,4). The first kappa shape index (κ1) is 25.5. The van der Waals surface area contributed by atoms with Crippen LogP contribution in [0.1, 0.15) is 18.1 Å². The SMILES string of the molecule is CC(=O)O.CN(C)c1nc(NCc2ccccc2)nc(NN=Cc2cccc([N+](=O)[O-])c2O)n1. The summed E-state index contributed by atoms with van der Waals surface area (Å²) in [5.41, 5.74) is 3.51. The van der Waals surface area contributed by atoms with Crippen LogP contribution < -0.4 is 15.6 Å². The smallest absolute Gasteiger partial charge is 0.311 e. The number of carboxylic acids is 1. The number of hydrogen-bond donors (Lipinski definition) is 4. The highest BCUT2D eigenvalue weighted by atomic mass is 16.6. The lowest BCUT2D eigenvalue weighted by Crippen LogP contribution is -2.16. The minimum atomic E-state index is -0.833. The number of phenolic OH excluding ortho intramolecular Hbond substituents is 1. The Hall–Kier alpha value is -4.81. The number of aromatic hydroxyl groups is 1. The molecule has 1 heterocycles. The minimum Gasteiger partial charge on any atom is -0.502 e. The molecule has 34 heavy (non-hydrogen) atoms. The van der Waals surface area contributed by atoms with Crippen LogP contribution in [0.4, 0.5) is 23.5 Å². The van der Waals surface area contributed by atoms with Gasteiger partial charge in [-0.2, -0.15) is 20.1 Å². The van der Waals surface area contributed by atoms with Gasteiger partial charge in [0.15, 0.2) is 0 Å². The summed E-state index contributed by atoms with van der Waals surface area (Å²) in [5, 5.41) is 35.4. The Balaban J connectivity index is 0.000000945. The highest BCUT2D eigenvalue weighted by Crippen LogP contribution is 2.28. The quantitative estimate of drug-likeness (QED) is 0.217. The number of carboxylic acid groups (broad SMARTS) is 1. The highest BCUT2D eigenvalue weighted by molar-refractivity contribution is 5.85. The van der Waals surface area contributed by atoms with Crippen molar-refractivity contribution in [2.24, 2.45) is 5.10 Å². The number of hydrazone groups is 1. The molecule has 4 N–H and O–H groups in total. The third kappa shape index (κ3) is 8.03. The van der Waals surface area contributed by atoms with Crippen LogP contribution in [0.3, 0.4) is 0 Å². The second kappa shape index (κ2) is 12.3. The van der Waals surface area contributed by atoms with Gasteiger partial charge in [-0.15, -0.1) is 0 Å². The van der Waals surface area contributed by atoms with Crippen molar-refractivity contribution in [3.63, 3.8) is 0 Å². The van der Waals surface area contributed by atoms with Crippen molar-refractivity contribution >= 4 is 35.7 Å². The maximum Gasteiger partial charge on any atom is 0.311 e. The Morgan fingerprint density at radius 3 is 2.38 bits per heavy atom. The molecule has 0 radical (unpaired) electrons. The summed E-state index contributed by atoms with van der Waals surface area (Å²) >= 11 is 0. The molecule has 13 nitrogen and oxygen atoms in total. The number of benzene rings is 2. The van der Waals surface area contributed by atoms with E-state index >= 15 is 0 Å². The molecule has 0 saturated heterocycles. The maximum atomic E-state index is 10.9. The topological polar surface area (TPSA) is 179 Å². The molecular weight excluding hydrogens is 444 g/mol. The van der Waals surface area contributed by atoms with E-state index in [9.17, 15) is 15.2 Å². The van der Waals surface area contributed by atoms with E-state index in [0.29, 0.717) is 18.4 Å². The third-order valence-electron chi connectivity index (χ3n) is 3.93. The number of aromatic nitrogens is 3. The van der Waals surface area contributed by atoms with E-state index in [1.54, 1.807) is 19.0 Å². The molecule has 13 heteroatoms. The summed E-state index contributed by atoms with van der Waals surface area (Å²) < 4.78 is 0. The molecule has 2 aromatic carbocycles. The summed E-state index contributed by atoms with van der Waals surface area (Å²) in [6.07, 6.45) is 1.25. The molecule has 0 aliphatic rings. The second-order valence-electron chi connectivity index (χ2n) is 6.88. The number of nitrogens with zero attached hydrogens (tertiary/aromatic N) is 6. The third-order valence-corrected chi connectivity index (χ3v) is 3.93. The van der Waals surface area contributed by atoms with Gasteiger partial charge in [0, 0.05) is 39.2 Å². The van der Waals surface area contributed by atoms with Gasteiger partial charge < -0.3 is 20.4 Å². The zero-order valence-corrected chi connectivity index (χ0v) is 18.7. The summed E-state index contributed by atoms with van der Waals surface area (Å²) in [5.74, 6) is -0.363. The Kier molecular flexibility index (Phi) is 9.19. The van der Waals surface area contributed by atoms with Crippen LogP contribution in [-0.4, -0.2) is 56.4 Å². The molecule has 0 fully saturated rings. The largest absolute Gasteiger partial charge is 0.502 e. The number of anilines is 3. The predicted molar refractivity (Wildman–Crippen MR) is 127 cm³/mol. The van der Waals surface area contributed by atoms with Crippen LogP contribution in [0.2, 0.25) is 0 Å². The van der Waals surface area contributed by atoms with Crippen molar-refractivity contribution in [3.05, 3.63) is 69.8 Å². The van der Waals surface area contributed by atoms with Gasteiger partial charge in [0.2, 0.25) is 23.6 Å². The number of rotatable bonds is 8. The van der Waals surface area contributed by atoms with Crippen molar-refractivity contribution in [3.8, 4) is 5.75 Å². The monoisotopic (exact) mass is 468 g/mol. The molecule has 0 bridgehead atoms. The number of para-hydroxylation sites is 1. The van der Waals surface area contributed by atoms with Crippen LogP contribution in [0, 0.1) is 10.1 Å². The number of nitro benzene ring substituents is 1. The number of aliphatic carboxylic acids is 1. The number of nitro groups is 1. The molecule has 3 aromatic rings. The van der Waals surface area contributed by atoms with Gasteiger partial charge in [-0.05, 0) is 11.6 Å². The molecule has 0 unspecified atom stereocenters. The highest BCUT2D eigenvalue weighted by Gasteiger charge is 2.15. The van der Waals surface area contributed by atoms with Crippen molar-refractivity contribution in [2.75, 3.05) is 29.7 Å². The van der Waals surface area contributed by atoms with Crippen molar-refractivity contribution in [2.45, 2.75) is 13.5 Å². The summed E-state index contributed by atoms with van der Waals surface area (Å²) in [7, 11) is 3.59. The van der Waals surface area contributed by atoms with Crippen molar-refractivity contribution in [1.82, 2.24) is 15.0 Å². The second-order valence-corrected chi connectivity index (χ2v) is 6.88. The first-order valence-electron chi connectivity index (χ1n) is 9.83. The van der Waals surface area contributed by atoms with E-state index in [4.69, 9.17) is 9.90 Å². The summed E-state index contributed by atoms with van der Waals surface area (Å²) in [6.45, 7) is 1.61. The van der Waals surface area contributed by atoms with E-state index in [1.807, 2.05) is 30.3 Å². The molecule has 0 aliphatic heterocycles. The Labute approximate surface area is 195 Å². The Bertz CT molecular complexity index is 1150. The first-order valence-corrected chi connectivity index (χ1v) is 9.83. The fraction of sp³-hybridized carbons (Fsp3) is 0.190. The predicted octanol–water partition coefficient (Wildman–Crippen LogP) is 2.70.